The van der Waals surface area contributed by atoms with Crippen LogP contribution in [-0.4, -0.2) is 81.4 Å². The van der Waals surface area contributed by atoms with E-state index in [1.165, 1.54) is 0 Å². The Morgan fingerprint density at radius 2 is 1.74 bits per heavy atom. The Bertz CT molecular complexity index is 402. The number of hydrogen-bond acceptors (Lipinski definition) is 5. The lowest BCUT2D eigenvalue weighted by atomic mass is 10.1. The van der Waals surface area contributed by atoms with Gasteiger partial charge in [-0.3, -0.25) is 9.69 Å². The summed E-state index contributed by atoms with van der Waals surface area (Å²) in [4.78, 5) is 16.3. The van der Waals surface area contributed by atoms with Crippen molar-refractivity contribution in [3.63, 3.8) is 0 Å². The molecule has 2 saturated heterocycles. The number of sulfone groups is 1. The molecule has 110 valence electrons. The van der Waals surface area contributed by atoms with E-state index in [4.69, 9.17) is 0 Å². The maximum atomic E-state index is 11.9. The van der Waals surface area contributed by atoms with E-state index in [1.54, 1.807) is 0 Å². The Labute approximate surface area is 115 Å². The average molecular weight is 289 g/mol. The molecule has 2 fully saturated rings. The van der Waals surface area contributed by atoms with Crippen LogP contribution in [0.25, 0.3) is 0 Å². The minimum atomic E-state index is -2.85. The molecule has 2 heterocycles. The average Bonchev–Trinajstić information content (AvgIpc) is 2.35. The monoisotopic (exact) mass is 289 g/mol. The van der Waals surface area contributed by atoms with Gasteiger partial charge in [-0.05, 0) is 19.9 Å². The molecule has 0 radical (unpaired) electrons. The van der Waals surface area contributed by atoms with Gasteiger partial charge in [0, 0.05) is 32.2 Å². The highest BCUT2D eigenvalue weighted by Crippen LogP contribution is 2.12. The van der Waals surface area contributed by atoms with Crippen LogP contribution in [0.4, 0.5) is 0 Å². The van der Waals surface area contributed by atoms with E-state index >= 15 is 0 Å². The molecule has 0 aromatic heterocycles. The molecule has 0 unspecified atom stereocenters. The second kappa shape index (κ2) is 6.19. The summed E-state index contributed by atoms with van der Waals surface area (Å²) < 4.78 is 22.6. The standard InChI is InChI=1S/C12H23N3O3S/c1-14-4-6-15(7-5-14)10-12(16)13-11-2-8-19(17,18)9-3-11/h11H,2-10H2,1H3,(H,13,16). The Morgan fingerprint density at radius 1 is 1.16 bits per heavy atom. The molecule has 0 atom stereocenters. The van der Waals surface area contributed by atoms with E-state index in [0.29, 0.717) is 19.4 Å². The Hall–Kier alpha value is -0.660. The van der Waals surface area contributed by atoms with E-state index < -0.39 is 9.84 Å². The molecule has 0 spiro atoms. The van der Waals surface area contributed by atoms with Gasteiger partial charge in [-0.1, -0.05) is 0 Å². The SMILES string of the molecule is CN1CCN(CC(=O)NC2CCS(=O)(=O)CC2)CC1. The van der Waals surface area contributed by atoms with E-state index in [0.717, 1.165) is 26.2 Å². The van der Waals surface area contributed by atoms with Crippen molar-refractivity contribution in [3.05, 3.63) is 0 Å². The van der Waals surface area contributed by atoms with Crippen LogP contribution < -0.4 is 5.32 Å². The summed E-state index contributed by atoms with van der Waals surface area (Å²) >= 11 is 0. The van der Waals surface area contributed by atoms with Crippen LogP contribution in [0, 0.1) is 0 Å². The second-order valence-electron chi connectivity index (χ2n) is 5.57. The van der Waals surface area contributed by atoms with Gasteiger partial charge in [0.2, 0.25) is 5.91 Å². The summed E-state index contributed by atoms with van der Waals surface area (Å²) in [7, 11) is -0.769. The molecule has 1 amide bonds. The summed E-state index contributed by atoms with van der Waals surface area (Å²) in [6.07, 6.45) is 1.10. The van der Waals surface area contributed by atoms with E-state index in [9.17, 15) is 13.2 Å². The Balaban J connectivity index is 1.70. The van der Waals surface area contributed by atoms with Crippen molar-refractivity contribution in [2.75, 3.05) is 51.3 Å². The lowest BCUT2D eigenvalue weighted by molar-refractivity contribution is -0.123. The molecule has 2 aliphatic rings. The number of nitrogens with one attached hydrogen (secondary N) is 1. The topological polar surface area (TPSA) is 69.7 Å². The van der Waals surface area contributed by atoms with E-state index in [1.807, 2.05) is 0 Å². The minimum Gasteiger partial charge on any atom is -0.352 e. The third-order valence-corrected chi connectivity index (χ3v) is 5.60. The molecular formula is C12H23N3O3S. The minimum absolute atomic E-state index is 0.0221. The Morgan fingerprint density at radius 3 is 2.32 bits per heavy atom. The second-order valence-corrected chi connectivity index (χ2v) is 7.88. The van der Waals surface area contributed by atoms with Gasteiger partial charge in [-0.2, -0.15) is 0 Å². The van der Waals surface area contributed by atoms with Crippen molar-refractivity contribution in [2.45, 2.75) is 18.9 Å². The highest BCUT2D eigenvalue weighted by molar-refractivity contribution is 7.91. The highest BCUT2D eigenvalue weighted by atomic mass is 32.2. The molecule has 19 heavy (non-hydrogen) atoms. The first-order chi connectivity index (χ1) is 8.94. The van der Waals surface area contributed by atoms with Crippen LogP contribution in [0.5, 0.6) is 0 Å². The number of carbonyl (C=O) groups excluding carboxylic acids is 1. The first-order valence-electron chi connectivity index (χ1n) is 6.85. The van der Waals surface area contributed by atoms with Gasteiger partial charge in [-0.25, -0.2) is 8.42 Å². The third-order valence-electron chi connectivity index (χ3n) is 3.88. The number of amides is 1. The number of hydrogen-bond donors (Lipinski definition) is 1. The predicted molar refractivity (Wildman–Crippen MR) is 73.8 cm³/mol. The number of likely N-dealkylation sites (N-methyl/N-ethyl adjacent to an activating group) is 1. The zero-order valence-corrected chi connectivity index (χ0v) is 12.3. The molecule has 0 saturated carbocycles. The number of piperazine rings is 1. The maximum Gasteiger partial charge on any atom is 0.234 e. The van der Waals surface area contributed by atoms with Gasteiger partial charge in [0.05, 0.1) is 18.1 Å². The van der Waals surface area contributed by atoms with Crippen LogP contribution in [0.2, 0.25) is 0 Å². The fourth-order valence-electron chi connectivity index (χ4n) is 2.52. The van der Waals surface area contributed by atoms with Gasteiger partial charge in [0.15, 0.2) is 0 Å². The van der Waals surface area contributed by atoms with Gasteiger partial charge >= 0.3 is 0 Å². The molecule has 7 heteroatoms. The first-order valence-corrected chi connectivity index (χ1v) is 8.67. The van der Waals surface area contributed by atoms with Crippen LogP contribution in [0.15, 0.2) is 0 Å². The number of carbonyl (C=O) groups is 1. The lowest BCUT2D eigenvalue weighted by Crippen LogP contribution is -2.50. The summed E-state index contributed by atoms with van der Waals surface area (Å²) in [6.45, 7) is 4.26. The number of nitrogens with zero attached hydrogens (tertiary/aromatic N) is 2. The molecule has 2 rings (SSSR count). The van der Waals surface area contributed by atoms with Gasteiger partial charge < -0.3 is 10.2 Å². The largest absolute Gasteiger partial charge is 0.352 e. The van der Waals surface area contributed by atoms with Crippen LogP contribution in [0.1, 0.15) is 12.8 Å². The van der Waals surface area contributed by atoms with Gasteiger partial charge in [0.25, 0.3) is 0 Å². The highest BCUT2D eigenvalue weighted by Gasteiger charge is 2.25. The first kappa shape index (κ1) is 14.7. The smallest absolute Gasteiger partial charge is 0.234 e. The van der Waals surface area contributed by atoms with Crippen molar-refractivity contribution in [1.29, 1.82) is 0 Å². The quantitative estimate of drug-likeness (QED) is 0.716. The van der Waals surface area contributed by atoms with Crippen molar-refractivity contribution in [3.8, 4) is 0 Å². The molecular weight excluding hydrogens is 266 g/mol. The van der Waals surface area contributed by atoms with Gasteiger partial charge in [-0.15, -0.1) is 0 Å². The normalized spacial score (nSPS) is 26.2. The zero-order chi connectivity index (χ0) is 13.9. The van der Waals surface area contributed by atoms with E-state index in [-0.39, 0.29) is 23.5 Å². The van der Waals surface area contributed by atoms with Crippen LogP contribution >= 0.6 is 0 Å². The molecule has 0 aromatic carbocycles. The number of rotatable bonds is 3. The fourth-order valence-corrected chi connectivity index (χ4v) is 4.01. The molecule has 2 aliphatic heterocycles. The molecule has 0 bridgehead atoms. The summed E-state index contributed by atoms with van der Waals surface area (Å²) in [6, 6.07) is 0.0310. The third kappa shape index (κ3) is 4.74. The maximum absolute atomic E-state index is 11.9. The van der Waals surface area contributed by atoms with Crippen LogP contribution in [0.3, 0.4) is 0 Å². The van der Waals surface area contributed by atoms with Crippen LogP contribution in [-0.2, 0) is 14.6 Å². The predicted octanol–water partition coefficient (Wildman–Crippen LogP) is -1.07. The van der Waals surface area contributed by atoms with Crippen molar-refractivity contribution >= 4 is 15.7 Å². The molecule has 1 N–H and O–H groups in total. The van der Waals surface area contributed by atoms with Crippen molar-refractivity contribution in [2.24, 2.45) is 0 Å². The summed E-state index contributed by atoms with van der Waals surface area (Å²) in [5.41, 5.74) is 0. The van der Waals surface area contributed by atoms with Gasteiger partial charge in [0.1, 0.15) is 9.84 Å². The van der Waals surface area contributed by atoms with Crippen molar-refractivity contribution < 1.29 is 13.2 Å². The lowest BCUT2D eigenvalue weighted by Gasteiger charge is -2.32. The van der Waals surface area contributed by atoms with Crippen molar-refractivity contribution in [1.82, 2.24) is 15.1 Å². The molecule has 6 nitrogen and oxygen atoms in total. The molecule has 0 aliphatic carbocycles. The summed E-state index contributed by atoms with van der Waals surface area (Å²) in [5.74, 6) is 0.424. The van der Waals surface area contributed by atoms with E-state index in [2.05, 4.69) is 22.2 Å². The zero-order valence-electron chi connectivity index (χ0n) is 11.5. The Kier molecular flexibility index (Phi) is 4.81. The fraction of sp³-hybridized carbons (Fsp3) is 0.917. The summed E-state index contributed by atoms with van der Waals surface area (Å²) in [5, 5.41) is 2.96. The molecule has 0 aromatic rings.